The van der Waals surface area contributed by atoms with E-state index in [1.165, 1.54) is 16.7 Å². The Kier molecular flexibility index (Phi) is 5.40. The lowest BCUT2D eigenvalue weighted by molar-refractivity contribution is -0.145. The Balaban J connectivity index is 2.05. The van der Waals surface area contributed by atoms with Gasteiger partial charge in [0.15, 0.2) is 0 Å². The molecule has 2 heterocycles. The third-order valence-electron chi connectivity index (χ3n) is 4.27. The van der Waals surface area contributed by atoms with Crippen LogP contribution in [-0.4, -0.2) is 57.2 Å². The number of aliphatic carboxylic acids is 1. The Morgan fingerprint density at radius 2 is 2.00 bits per heavy atom. The number of carbonyl (C=O) groups excluding carboxylic acids is 2. The highest BCUT2D eigenvalue weighted by molar-refractivity contribution is 8.26. The molecule has 2 aliphatic heterocycles. The number of amides is 2. The minimum absolute atomic E-state index is 0.172. The molecule has 1 saturated heterocycles. The average molecular weight is 409 g/mol. The predicted octanol–water partition coefficient (Wildman–Crippen LogP) is 2.44. The lowest BCUT2D eigenvalue weighted by Crippen LogP contribution is -2.44. The number of nitrogens with zero attached hydrogens (tertiary/aromatic N) is 2. The second-order valence-corrected chi connectivity index (χ2v) is 8.39. The molecule has 1 unspecified atom stereocenters. The van der Waals surface area contributed by atoms with Crippen molar-refractivity contribution in [3.8, 4) is 0 Å². The fourth-order valence-electron chi connectivity index (χ4n) is 2.98. The average Bonchev–Trinajstić information content (AvgIpc) is 3.03. The molecular weight excluding hydrogens is 392 g/mol. The summed E-state index contributed by atoms with van der Waals surface area (Å²) in [5.41, 5.74) is 1.67. The molecular formula is C17H16N2O4S3. The lowest BCUT2D eigenvalue weighted by atomic mass is 10.1. The van der Waals surface area contributed by atoms with Gasteiger partial charge < -0.3 is 10.0 Å². The number of para-hydroxylation sites is 1. The first-order valence-corrected chi connectivity index (χ1v) is 10.4. The van der Waals surface area contributed by atoms with Crippen molar-refractivity contribution < 1.29 is 19.5 Å². The van der Waals surface area contributed by atoms with Gasteiger partial charge in [0.1, 0.15) is 10.4 Å². The maximum Gasteiger partial charge on any atom is 0.326 e. The van der Waals surface area contributed by atoms with Gasteiger partial charge in [-0.25, -0.2) is 4.79 Å². The molecule has 0 spiro atoms. The van der Waals surface area contributed by atoms with Crippen LogP contribution in [0.25, 0.3) is 5.57 Å². The first-order valence-electron chi connectivity index (χ1n) is 7.77. The Morgan fingerprint density at radius 1 is 1.31 bits per heavy atom. The van der Waals surface area contributed by atoms with Crippen molar-refractivity contribution in [1.29, 1.82) is 0 Å². The van der Waals surface area contributed by atoms with E-state index in [2.05, 4.69) is 0 Å². The van der Waals surface area contributed by atoms with Crippen LogP contribution in [-0.2, 0) is 14.4 Å². The molecule has 0 aromatic heterocycles. The number of fused-ring (bicyclic) bond motifs is 1. The molecule has 26 heavy (non-hydrogen) atoms. The van der Waals surface area contributed by atoms with Gasteiger partial charge in [0.2, 0.25) is 0 Å². The molecule has 2 amide bonds. The number of thiocarbonyl (C=S) groups is 1. The number of rotatable bonds is 5. The maximum atomic E-state index is 13.0. The number of carboxylic acid groups (broad SMARTS) is 1. The van der Waals surface area contributed by atoms with Crippen LogP contribution in [0, 0.1) is 0 Å². The molecule has 0 aliphatic carbocycles. The quantitative estimate of drug-likeness (QED) is 0.592. The van der Waals surface area contributed by atoms with Crippen LogP contribution in [0.1, 0.15) is 12.0 Å². The number of carbonyl (C=O) groups is 3. The first-order chi connectivity index (χ1) is 12.4. The van der Waals surface area contributed by atoms with E-state index in [1.54, 1.807) is 25.2 Å². The summed E-state index contributed by atoms with van der Waals surface area (Å²) in [6, 6.07) is 6.17. The second-order valence-electron chi connectivity index (χ2n) is 5.76. The molecule has 6 nitrogen and oxygen atoms in total. The molecule has 0 radical (unpaired) electrons. The number of benzene rings is 1. The number of carboxylic acids is 1. The molecule has 1 fully saturated rings. The van der Waals surface area contributed by atoms with E-state index < -0.39 is 17.9 Å². The smallest absolute Gasteiger partial charge is 0.326 e. The van der Waals surface area contributed by atoms with Crippen LogP contribution in [0.2, 0.25) is 0 Å². The molecule has 9 heteroatoms. The normalized spacial score (nSPS) is 20.8. The summed E-state index contributed by atoms with van der Waals surface area (Å²) >= 11 is 7.78. The van der Waals surface area contributed by atoms with E-state index in [0.29, 0.717) is 11.3 Å². The number of hydrogen-bond donors (Lipinski definition) is 1. The fraction of sp³-hybridized carbons (Fsp3) is 0.294. The summed E-state index contributed by atoms with van der Waals surface area (Å²) in [5.74, 6) is -1.31. The molecule has 136 valence electrons. The van der Waals surface area contributed by atoms with Crippen LogP contribution in [0.15, 0.2) is 29.2 Å². The van der Waals surface area contributed by atoms with Crippen molar-refractivity contribution in [3.05, 3.63) is 34.7 Å². The summed E-state index contributed by atoms with van der Waals surface area (Å²) in [4.78, 5) is 40.2. The highest BCUT2D eigenvalue weighted by atomic mass is 32.2. The Morgan fingerprint density at radius 3 is 2.65 bits per heavy atom. The monoisotopic (exact) mass is 408 g/mol. The Hall–Kier alpha value is -1.84. The third kappa shape index (κ3) is 3.04. The van der Waals surface area contributed by atoms with Crippen LogP contribution < -0.4 is 4.90 Å². The maximum absolute atomic E-state index is 13.0. The van der Waals surface area contributed by atoms with Crippen molar-refractivity contribution in [2.45, 2.75) is 12.5 Å². The Bertz CT molecular complexity index is 852. The predicted molar refractivity (Wildman–Crippen MR) is 108 cm³/mol. The zero-order valence-electron chi connectivity index (χ0n) is 14.1. The molecule has 3 rings (SSSR count). The van der Waals surface area contributed by atoms with E-state index >= 15 is 0 Å². The Labute approximate surface area is 164 Å². The molecule has 1 N–H and O–H groups in total. The van der Waals surface area contributed by atoms with Gasteiger partial charge in [0.05, 0.1) is 16.2 Å². The fourth-order valence-corrected chi connectivity index (χ4v) is 4.87. The minimum atomic E-state index is -1.10. The van der Waals surface area contributed by atoms with Crippen molar-refractivity contribution >= 4 is 69.1 Å². The van der Waals surface area contributed by atoms with Crippen molar-refractivity contribution in [3.63, 3.8) is 0 Å². The summed E-state index contributed by atoms with van der Waals surface area (Å²) in [6.07, 6.45) is 2.16. The topological polar surface area (TPSA) is 77.9 Å². The highest BCUT2D eigenvalue weighted by Gasteiger charge is 2.44. The molecule has 0 saturated carbocycles. The van der Waals surface area contributed by atoms with Gasteiger partial charge in [0, 0.05) is 12.6 Å². The third-order valence-corrected chi connectivity index (χ3v) is 6.32. The molecule has 1 atom stereocenters. The summed E-state index contributed by atoms with van der Waals surface area (Å²) < 4.78 is 0.172. The van der Waals surface area contributed by atoms with Crippen molar-refractivity contribution in [1.82, 2.24) is 4.90 Å². The van der Waals surface area contributed by atoms with Crippen molar-refractivity contribution in [2.75, 3.05) is 24.0 Å². The molecule has 1 aromatic rings. The minimum Gasteiger partial charge on any atom is -0.480 e. The zero-order chi connectivity index (χ0) is 19.0. The van der Waals surface area contributed by atoms with Crippen LogP contribution in [0.3, 0.4) is 0 Å². The van der Waals surface area contributed by atoms with Gasteiger partial charge in [-0.15, -0.1) is 0 Å². The largest absolute Gasteiger partial charge is 0.480 e. The van der Waals surface area contributed by atoms with Gasteiger partial charge >= 0.3 is 5.97 Å². The van der Waals surface area contributed by atoms with Crippen LogP contribution >= 0.6 is 35.7 Å². The number of likely N-dealkylation sites (N-methyl/N-ethyl adjacent to an activating group) is 1. The second kappa shape index (κ2) is 7.42. The van der Waals surface area contributed by atoms with Gasteiger partial charge in [-0.2, -0.15) is 11.8 Å². The molecule has 2 aliphatic rings. The molecule has 1 aromatic carbocycles. The van der Waals surface area contributed by atoms with Gasteiger partial charge in [0.25, 0.3) is 11.8 Å². The molecule has 0 bridgehead atoms. The van der Waals surface area contributed by atoms with Crippen molar-refractivity contribution in [2.24, 2.45) is 0 Å². The number of anilines is 1. The van der Waals surface area contributed by atoms with E-state index in [1.807, 2.05) is 12.3 Å². The van der Waals surface area contributed by atoms with Gasteiger partial charge in [-0.3, -0.25) is 14.5 Å². The van der Waals surface area contributed by atoms with Crippen LogP contribution in [0.4, 0.5) is 5.69 Å². The van der Waals surface area contributed by atoms with E-state index in [4.69, 9.17) is 12.2 Å². The highest BCUT2D eigenvalue weighted by Crippen LogP contribution is 2.44. The van der Waals surface area contributed by atoms with E-state index in [-0.39, 0.29) is 27.1 Å². The summed E-state index contributed by atoms with van der Waals surface area (Å²) in [5, 5.41) is 9.54. The first kappa shape index (κ1) is 18.9. The van der Waals surface area contributed by atoms with Gasteiger partial charge in [-0.05, 0) is 24.5 Å². The van der Waals surface area contributed by atoms with Crippen LogP contribution in [0.5, 0.6) is 0 Å². The zero-order valence-corrected chi connectivity index (χ0v) is 16.5. The number of thioether (sulfide) groups is 2. The number of hydrogen-bond acceptors (Lipinski definition) is 6. The lowest BCUT2D eigenvalue weighted by Gasteiger charge is -2.22. The standard InChI is InChI=1S/C17H16N2O4S3/c1-18-10-6-4-3-5-9(10)12(14(18)20)13-15(21)19(17(24)26-13)11(16(22)23)7-8-25-2/h3-6,11H,7-8H2,1-2H3,(H,22,23)/b13-12-. The van der Waals surface area contributed by atoms with E-state index in [9.17, 15) is 19.5 Å². The van der Waals surface area contributed by atoms with Gasteiger partial charge in [-0.1, -0.05) is 42.2 Å². The summed E-state index contributed by atoms with van der Waals surface area (Å²) in [7, 11) is 1.65. The SMILES string of the molecule is CSCCC(C(=O)O)N1C(=O)/C(=C2/C(=O)N(C)c3ccccc32)SC1=S. The van der Waals surface area contributed by atoms with E-state index in [0.717, 1.165) is 22.3 Å². The summed E-state index contributed by atoms with van der Waals surface area (Å²) in [6.45, 7) is 0.